The first-order chi connectivity index (χ1) is 13.3. The molecule has 0 aliphatic rings. The van der Waals surface area contributed by atoms with Crippen molar-refractivity contribution < 1.29 is 23.3 Å². The zero-order chi connectivity index (χ0) is 20.7. The van der Waals surface area contributed by atoms with Gasteiger partial charge in [0.15, 0.2) is 0 Å². The molecule has 2 aromatic carbocycles. The summed E-state index contributed by atoms with van der Waals surface area (Å²) in [5, 5.41) is 13.1. The number of nitrogens with one attached hydrogen (secondary N) is 1. The van der Waals surface area contributed by atoms with Crippen molar-refractivity contribution in [1.82, 2.24) is 4.90 Å². The van der Waals surface area contributed by atoms with Gasteiger partial charge in [0.25, 0.3) is 5.69 Å². The molecule has 1 N–H and O–H groups in total. The number of amides is 2. The molecule has 0 radical (unpaired) electrons. The SMILES string of the molecule is CCN(CC(=O)Nc1c(F)cccc1F)C(=O)/C=C/c1ccccc1[N+](=O)[O-]. The number of halogens is 2. The lowest BCUT2D eigenvalue weighted by Gasteiger charge is -2.18. The van der Waals surface area contributed by atoms with Gasteiger partial charge >= 0.3 is 0 Å². The number of nitro groups is 1. The lowest BCUT2D eigenvalue weighted by atomic mass is 10.1. The van der Waals surface area contributed by atoms with Crippen molar-refractivity contribution >= 4 is 29.3 Å². The van der Waals surface area contributed by atoms with Crippen LogP contribution in [0, 0.1) is 21.7 Å². The highest BCUT2D eigenvalue weighted by atomic mass is 19.1. The van der Waals surface area contributed by atoms with Crippen molar-refractivity contribution in [3.8, 4) is 0 Å². The molecule has 0 aliphatic heterocycles. The smallest absolute Gasteiger partial charge is 0.276 e. The van der Waals surface area contributed by atoms with Crippen LogP contribution in [0.4, 0.5) is 20.2 Å². The van der Waals surface area contributed by atoms with E-state index in [9.17, 15) is 28.5 Å². The zero-order valence-corrected chi connectivity index (χ0v) is 14.9. The minimum atomic E-state index is -0.931. The lowest BCUT2D eigenvalue weighted by Crippen LogP contribution is -2.37. The van der Waals surface area contributed by atoms with Gasteiger partial charge in [-0.1, -0.05) is 18.2 Å². The third kappa shape index (κ3) is 5.19. The molecule has 0 atom stereocenters. The van der Waals surface area contributed by atoms with E-state index in [0.29, 0.717) is 0 Å². The number of anilines is 1. The standard InChI is InChI=1S/C19H17F2N3O4/c1-2-23(12-17(25)22-19-14(20)7-5-8-15(19)21)18(26)11-10-13-6-3-4-9-16(13)24(27)28/h3-11H,2,12H2,1H3,(H,22,25)/b11-10+. The van der Waals surface area contributed by atoms with Crippen LogP contribution in [0.15, 0.2) is 48.5 Å². The summed E-state index contributed by atoms with van der Waals surface area (Å²) >= 11 is 0. The summed E-state index contributed by atoms with van der Waals surface area (Å²) in [6.07, 6.45) is 2.38. The van der Waals surface area contributed by atoms with Gasteiger partial charge in [0.05, 0.1) is 10.5 Å². The van der Waals surface area contributed by atoms with E-state index in [-0.39, 0.29) is 17.8 Å². The van der Waals surface area contributed by atoms with Crippen LogP contribution in [-0.2, 0) is 9.59 Å². The summed E-state index contributed by atoms with van der Waals surface area (Å²) in [6.45, 7) is 1.32. The number of para-hydroxylation sites is 2. The van der Waals surface area contributed by atoms with Crippen molar-refractivity contribution in [1.29, 1.82) is 0 Å². The van der Waals surface area contributed by atoms with Gasteiger partial charge in [-0.05, 0) is 31.2 Å². The average Bonchev–Trinajstić information content (AvgIpc) is 2.67. The highest BCUT2D eigenvalue weighted by molar-refractivity contribution is 5.98. The van der Waals surface area contributed by atoms with Crippen molar-refractivity contribution in [3.63, 3.8) is 0 Å². The van der Waals surface area contributed by atoms with Crippen LogP contribution in [0.25, 0.3) is 6.08 Å². The van der Waals surface area contributed by atoms with Crippen LogP contribution in [0.1, 0.15) is 12.5 Å². The summed E-state index contributed by atoms with van der Waals surface area (Å²) in [6, 6.07) is 9.03. The predicted molar refractivity (Wildman–Crippen MR) is 99.4 cm³/mol. The van der Waals surface area contributed by atoms with E-state index in [4.69, 9.17) is 0 Å². The Morgan fingerprint density at radius 1 is 1.14 bits per heavy atom. The van der Waals surface area contributed by atoms with E-state index in [1.807, 2.05) is 0 Å². The lowest BCUT2D eigenvalue weighted by molar-refractivity contribution is -0.385. The number of carbonyl (C=O) groups is 2. The van der Waals surface area contributed by atoms with E-state index in [0.717, 1.165) is 29.2 Å². The second kappa shape index (κ2) is 9.36. The molecule has 0 aromatic heterocycles. The molecule has 0 spiro atoms. The minimum Gasteiger partial charge on any atom is -0.330 e. The molecule has 7 nitrogen and oxygen atoms in total. The first-order valence-electron chi connectivity index (χ1n) is 8.27. The van der Waals surface area contributed by atoms with Gasteiger partial charge in [-0.2, -0.15) is 0 Å². The molecule has 2 amide bonds. The summed E-state index contributed by atoms with van der Waals surface area (Å²) in [7, 11) is 0. The van der Waals surface area contributed by atoms with Gasteiger partial charge in [-0.15, -0.1) is 0 Å². The van der Waals surface area contributed by atoms with Crippen molar-refractivity contribution in [2.75, 3.05) is 18.4 Å². The van der Waals surface area contributed by atoms with Gasteiger partial charge in [-0.25, -0.2) is 8.78 Å². The highest BCUT2D eigenvalue weighted by Crippen LogP contribution is 2.19. The molecule has 0 bridgehead atoms. The minimum absolute atomic E-state index is 0.146. The van der Waals surface area contributed by atoms with Crippen molar-refractivity contribution in [2.45, 2.75) is 6.92 Å². The molecular formula is C19H17F2N3O4. The molecule has 2 aromatic rings. The van der Waals surface area contributed by atoms with E-state index >= 15 is 0 Å². The first-order valence-corrected chi connectivity index (χ1v) is 8.27. The number of nitrogens with zero attached hydrogens (tertiary/aromatic N) is 2. The zero-order valence-electron chi connectivity index (χ0n) is 14.9. The number of carbonyl (C=O) groups excluding carboxylic acids is 2. The maximum absolute atomic E-state index is 13.6. The quantitative estimate of drug-likeness (QED) is 0.446. The molecule has 28 heavy (non-hydrogen) atoms. The monoisotopic (exact) mass is 389 g/mol. The summed E-state index contributed by atoms with van der Waals surface area (Å²) in [5.41, 5.74) is -0.524. The Morgan fingerprint density at radius 3 is 2.39 bits per heavy atom. The Bertz CT molecular complexity index is 911. The fourth-order valence-corrected chi connectivity index (χ4v) is 2.38. The molecule has 146 valence electrons. The highest BCUT2D eigenvalue weighted by Gasteiger charge is 2.17. The number of nitro benzene ring substituents is 1. The average molecular weight is 389 g/mol. The van der Waals surface area contributed by atoms with Gasteiger partial charge in [0, 0.05) is 18.7 Å². The van der Waals surface area contributed by atoms with Crippen LogP contribution >= 0.6 is 0 Å². The maximum atomic E-state index is 13.6. The number of hydrogen-bond acceptors (Lipinski definition) is 4. The van der Waals surface area contributed by atoms with Gasteiger partial charge in [0.2, 0.25) is 11.8 Å². The summed E-state index contributed by atoms with van der Waals surface area (Å²) < 4.78 is 27.2. The topological polar surface area (TPSA) is 92.6 Å². The number of likely N-dealkylation sites (N-methyl/N-ethyl adjacent to an activating group) is 1. The molecule has 0 aliphatic carbocycles. The van der Waals surface area contributed by atoms with Gasteiger partial charge in [0.1, 0.15) is 23.9 Å². The molecule has 9 heteroatoms. The Labute approximate surface area is 159 Å². The Kier molecular flexibility index (Phi) is 6.91. The molecule has 0 heterocycles. The van der Waals surface area contributed by atoms with Gasteiger partial charge in [-0.3, -0.25) is 19.7 Å². The Morgan fingerprint density at radius 2 is 1.79 bits per heavy atom. The number of hydrogen-bond donors (Lipinski definition) is 1. The van der Waals surface area contributed by atoms with Crippen LogP contribution in [-0.4, -0.2) is 34.7 Å². The predicted octanol–water partition coefficient (Wildman–Crippen LogP) is 3.37. The van der Waals surface area contributed by atoms with Crippen LogP contribution in [0.3, 0.4) is 0 Å². The second-order valence-corrected chi connectivity index (χ2v) is 5.65. The Hall–Kier alpha value is -3.62. The van der Waals surface area contributed by atoms with E-state index in [1.165, 1.54) is 24.3 Å². The fraction of sp³-hybridized carbons (Fsp3) is 0.158. The van der Waals surface area contributed by atoms with E-state index in [1.54, 1.807) is 13.0 Å². The van der Waals surface area contributed by atoms with Gasteiger partial charge < -0.3 is 10.2 Å². The van der Waals surface area contributed by atoms with Crippen molar-refractivity contribution in [2.24, 2.45) is 0 Å². The van der Waals surface area contributed by atoms with E-state index < -0.39 is 40.6 Å². The van der Waals surface area contributed by atoms with Crippen LogP contribution < -0.4 is 5.32 Å². The Balaban J connectivity index is 2.07. The first kappa shape index (κ1) is 20.7. The van der Waals surface area contributed by atoms with E-state index in [2.05, 4.69) is 5.32 Å². The molecule has 0 fully saturated rings. The molecule has 0 saturated carbocycles. The molecular weight excluding hydrogens is 372 g/mol. The third-order valence-electron chi connectivity index (χ3n) is 3.79. The fourth-order valence-electron chi connectivity index (χ4n) is 2.38. The molecule has 0 saturated heterocycles. The second-order valence-electron chi connectivity index (χ2n) is 5.65. The van der Waals surface area contributed by atoms with Crippen LogP contribution in [0.5, 0.6) is 0 Å². The van der Waals surface area contributed by atoms with Crippen molar-refractivity contribution in [3.05, 3.63) is 75.9 Å². The van der Waals surface area contributed by atoms with Crippen LogP contribution in [0.2, 0.25) is 0 Å². The number of rotatable bonds is 7. The molecule has 0 unspecified atom stereocenters. The normalized spacial score (nSPS) is 10.7. The summed E-state index contributed by atoms with van der Waals surface area (Å²) in [4.78, 5) is 35.9. The third-order valence-corrected chi connectivity index (χ3v) is 3.79. The number of benzene rings is 2. The molecule has 2 rings (SSSR count). The summed E-state index contributed by atoms with van der Waals surface area (Å²) in [5.74, 6) is -3.22. The largest absolute Gasteiger partial charge is 0.330 e. The maximum Gasteiger partial charge on any atom is 0.276 e.